The number of carbonyl (C=O) groups is 3. The van der Waals surface area contributed by atoms with Crippen molar-refractivity contribution in [3.8, 4) is 11.5 Å². The van der Waals surface area contributed by atoms with Crippen LogP contribution in [0.3, 0.4) is 0 Å². The highest BCUT2D eigenvalue weighted by atomic mass is 16.5. The maximum absolute atomic E-state index is 12.5. The molecule has 4 rings (SSSR count). The fourth-order valence-electron chi connectivity index (χ4n) is 3.59. The number of hydrazone groups is 1. The van der Waals surface area contributed by atoms with E-state index in [-0.39, 0.29) is 12.5 Å². The summed E-state index contributed by atoms with van der Waals surface area (Å²) in [5.41, 5.74) is 3.97. The maximum Gasteiger partial charge on any atom is 0.343 e. The van der Waals surface area contributed by atoms with Gasteiger partial charge in [0.2, 0.25) is 0 Å². The van der Waals surface area contributed by atoms with Crippen LogP contribution in [0, 0.1) is 0 Å². The van der Waals surface area contributed by atoms with Crippen LogP contribution in [-0.2, 0) is 4.79 Å². The number of carbonyl (C=O) groups excluding carboxylic acids is 3. The fourth-order valence-corrected chi connectivity index (χ4v) is 3.59. The predicted octanol–water partition coefficient (Wildman–Crippen LogP) is 4.73. The molecule has 0 spiro atoms. The van der Waals surface area contributed by atoms with E-state index in [0.29, 0.717) is 34.8 Å². The van der Waals surface area contributed by atoms with E-state index in [2.05, 4.69) is 15.8 Å². The van der Waals surface area contributed by atoms with Crippen molar-refractivity contribution >= 4 is 34.8 Å². The molecule has 8 heteroatoms. The molecule has 0 heterocycles. The molecule has 2 amide bonds. The minimum atomic E-state index is -0.480. The summed E-state index contributed by atoms with van der Waals surface area (Å²) >= 11 is 0. The summed E-state index contributed by atoms with van der Waals surface area (Å²) < 4.78 is 10.9. The Kier molecular flexibility index (Phi) is 8.80. The van der Waals surface area contributed by atoms with Crippen LogP contribution in [0.2, 0.25) is 0 Å². The molecule has 0 saturated carbocycles. The van der Waals surface area contributed by atoms with Gasteiger partial charge in [-0.1, -0.05) is 43.3 Å². The highest BCUT2D eigenvalue weighted by Gasteiger charge is 2.11. The number of nitrogens with one attached hydrogen (secondary N) is 2. The van der Waals surface area contributed by atoms with Crippen molar-refractivity contribution in [2.75, 3.05) is 13.2 Å². The zero-order chi connectivity index (χ0) is 26.7. The van der Waals surface area contributed by atoms with Crippen LogP contribution in [0.15, 0.2) is 96.1 Å². The standard InChI is InChI=1S/C30H27N3O5/c1-2-18-37-24-16-12-23(13-17-24)30(36)38-25-14-10-21(11-15-25)19-32-33-28(34)20-31-29(35)27-9-5-7-22-6-3-4-8-26(22)27/h3-17,19H,2,18,20H2,1H3,(H,31,35)(H,33,34). The molecule has 8 nitrogen and oxygen atoms in total. The number of rotatable bonds is 10. The van der Waals surface area contributed by atoms with Crippen molar-refractivity contribution in [1.29, 1.82) is 0 Å². The molecule has 0 atom stereocenters. The number of fused-ring (bicyclic) bond motifs is 1. The Bertz CT molecular complexity index is 1440. The van der Waals surface area contributed by atoms with Gasteiger partial charge in [-0.3, -0.25) is 9.59 Å². The first-order valence-electron chi connectivity index (χ1n) is 12.2. The minimum Gasteiger partial charge on any atom is -0.494 e. The van der Waals surface area contributed by atoms with Gasteiger partial charge >= 0.3 is 5.97 Å². The van der Waals surface area contributed by atoms with E-state index in [4.69, 9.17) is 9.47 Å². The van der Waals surface area contributed by atoms with Crippen LogP contribution in [0.25, 0.3) is 10.8 Å². The number of hydrogen-bond donors (Lipinski definition) is 2. The van der Waals surface area contributed by atoms with Gasteiger partial charge in [0.15, 0.2) is 0 Å². The van der Waals surface area contributed by atoms with Crippen molar-refractivity contribution < 1.29 is 23.9 Å². The highest BCUT2D eigenvalue weighted by molar-refractivity contribution is 6.07. The molecule has 2 N–H and O–H groups in total. The molecule has 0 aromatic heterocycles. The Balaban J connectivity index is 1.23. The van der Waals surface area contributed by atoms with Crippen LogP contribution < -0.4 is 20.2 Å². The number of nitrogens with zero attached hydrogens (tertiary/aromatic N) is 1. The first-order valence-corrected chi connectivity index (χ1v) is 12.2. The van der Waals surface area contributed by atoms with Gasteiger partial charge in [0.25, 0.3) is 11.8 Å². The number of amides is 2. The van der Waals surface area contributed by atoms with Crippen LogP contribution in [-0.4, -0.2) is 37.1 Å². The van der Waals surface area contributed by atoms with Gasteiger partial charge in [-0.25, -0.2) is 10.2 Å². The average molecular weight is 510 g/mol. The summed E-state index contributed by atoms with van der Waals surface area (Å²) in [6, 6.07) is 26.4. The molecule has 38 heavy (non-hydrogen) atoms. The zero-order valence-corrected chi connectivity index (χ0v) is 20.8. The van der Waals surface area contributed by atoms with Gasteiger partial charge in [0, 0.05) is 5.56 Å². The van der Waals surface area contributed by atoms with E-state index in [1.165, 1.54) is 6.21 Å². The summed E-state index contributed by atoms with van der Waals surface area (Å²) in [6.45, 7) is 2.42. The van der Waals surface area contributed by atoms with E-state index in [1.54, 1.807) is 60.7 Å². The molecule has 192 valence electrons. The first kappa shape index (κ1) is 26.1. The van der Waals surface area contributed by atoms with E-state index in [9.17, 15) is 14.4 Å². The third-order valence-electron chi connectivity index (χ3n) is 5.50. The SMILES string of the molecule is CCCOc1ccc(C(=O)Oc2ccc(C=NNC(=O)CNC(=O)c3cccc4ccccc34)cc2)cc1. The molecule has 0 unspecified atom stereocenters. The lowest BCUT2D eigenvalue weighted by molar-refractivity contribution is -0.120. The van der Waals surface area contributed by atoms with Crippen molar-refractivity contribution in [3.63, 3.8) is 0 Å². The fraction of sp³-hybridized carbons (Fsp3) is 0.133. The van der Waals surface area contributed by atoms with Crippen LogP contribution in [0.4, 0.5) is 0 Å². The second kappa shape index (κ2) is 12.8. The molecule has 4 aromatic rings. The maximum atomic E-state index is 12.5. The Morgan fingerprint density at radius 3 is 2.32 bits per heavy atom. The van der Waals surface area contributed by atoms with Gasteiger partial charge in [0.1, 0.15) is 11.5 Å². The van der Waals surface area contributed by atoms with Gasteiger partial charge in [-0.2, -0.15) is 5.10 Å². The van der Waals surface area contributed by atoms with Gasteiger partial charge < -0.3 is 14.8 Å². The normalized spacial score (nSPS) is 10.8. The first-order chi connectivity index (χ1) is 18.5. The molecule has 0 aliphatic heterocycles. The quantitative estimate of drug-likeness (QED) is 0.139. The monoisotopic (exact) mass is 509 g/mol. The Morgan fingerprint density at radius 1 is 0.842 bits per heavy atom. The largest absolute Gasteiger partial charge is 0.494 e. The van der Waals surface area contributed by atoms with Crippen molar-refractivity contribution in [2.24, 2.45) is 5.10 Å². The summed E-state index contributed by atoms with van der Waals surface area (Å²) in [5.74, 6) is -0.213. The van der Waals surface area contributed by atoms with Crippen molar-refractivity contribution in [2.45, 2.75) is 13.3 Å². The molecule has 0 radical (unpaired) electrons. The minimum absolute atomic E-state index is 0.222. The molecule has 0 bridgehead atoms. The third-order valence-corrected chi connectivity index (χ3v) is 5.50. The lowest BCUT2D eigenvalue weighted by Gasteiger charge is -2.07. The summed E-state index contributed by atoms with van der Waals surface area (Å²) in [5, 5.41) is 8.29. The average Bonchev–Trinajstić information content (AvgIpc) is 2.95. The van der Waals surface area contributed by atoms with E-state index >= 15 is 0 Å². The predicted molar refractivity (Wildman–Crippen MR) is 146 cm³/mol. The Morgan fingerprint density at radius 2 is 1.55 bits per heavy atom. The Hall–Kier alpha value is -4.98. The number of hydrogen-bond acceptors (Lipinski definition) is 6. The molecule has 0 fully saturated rings. The van der Waals surface area contributed by atoms with E-state index in [0.717, 1.165) is 17.2 Å². The molecular formula is C30H27N3O5. The smallest absolute Gasteiger partial charge is 0.343 e. The lowest BCUT2D eigenvalue weighted by atomic mass is 10.0. The molecule has 0 aliphatic rings. The summed E-state index contributed by atoms with van der Waals surface area (Å²) in [6.07, 6.45) is 2.35. The lowest BCUT2D eigenvalue weighted by Crippen LogP contribution is -2.35. The summed E-state index contributed by atoms with van der Waals surface area (Å²) in [4.78, 5) is 37.0. The van der Waals surface area contributed by atoms with Crippen LogP contribution >= 0.6 is 0 Å². The van der Waals surface area contributed by atoms with Gasteiger partial charge in [0.05, 0.1) is 24.9 Å². The number of benzene rings is 4. The van der Waals surface area contributed by atoms with E-state index in [1.807, 2.05) is 37.3 Å². The molecular weight excluding hydrogens is 482 g/mol. The third kappa shape index (κ3) is 7.04. The molecule has 4 aromatic carbocycles. The zero-order valence-electron chi connectivity index (χ0n) is 20.8. The topological polar surface area (TPSA) is 106 Å². The molecule has 0 aliphatic carbocycles. The van der Waals surface area contributed by atoms with E-state index < -0.39 is 11.9 Å². The van der Waals surface area contributed by atoms with Gasteiger partial charge in [-0.15, -0.1) is 0 Å². The van der Waals surface area contributed by atoms with Crippen molar-refractivity contribution in [1.82, 2.24) is 10.7 Å². The number of ether oxygens (including phenoxy) is 2. The Labute approximate surface area is 220 Å². The second-order valence-electron chi connectivity index (χ2n) is 8.33. The van der Waals surface area contributed by atoms with Crippen LogP contribution in [0.1, 0.15) is 39.6 Å². The van der Waals surface area contributed by atoms with Crippen LogP contribution in [0.5, 0.6) is 11.5 Å². The van der Waals surface area contributed by atoms with Crippen molar-refractivity contribution in [3.05, 3.63) is 108 Å². The molecule has 0 saturated heterocycles. The number of esters is 1. The van der Waals surface area contributed by atoms with Gasteiger partial charge in [-0.05, 0) is 77.4 Å². The second-order valence-corrected chi connectivity index (χ2v) is 8.33. The highest BCUT2D eigenvalue weighted by Crippen LogP contribution is 2.18. The summed E-state index contributed by atoms with van der Waals surface area (Å²) in [7, 11) is 0.